The zero-order valence-electron chi connectivity index (χ0n) is 16.1. The summed E-state index contributed by atoms with van der Waals surface area (Å²) in [5.41, 5.74) is 2.45. The second-order valence-corrected chi connectivity index (χ2v) is 6.41. The molecule has 0 saturated carbocycles. The van der Waals surface area contributed by atoms with E-state index in [9.17, 15) is 4.79 Å². The molecule has 26 heavy (non-hydrogen) atoms. The number of anilines is 1. The van der Waals surface area contributed by atoms with Crippen LogP contribution in [-0.2, 0) is 11.2 Å². The van der Waals surface area contributed by atoms with Crippen LogP contribution in [0.3, 0.4) is 0 Å². The van der Waals surface area contributed by atoms with Crippen molar-refractivity contribution >= 4 is 11.6 Å². The topological polar surface area (TPSA) is 41.6 Å². The molecule has 2 aromatic carbocycles. The molecule has 0 unspecified atom stereocenters. The van der Waals surface area contributed by atoms with Gasteiger partial charge in [0.25, 0.3) is 5.91 Å². The van der Waals surface area contributed by atoms with Crippen LogP contribution in [0.1, 0.15) is 32.3 Å². The number of amides is 1. The number of ether oxygens (including phenoxy) is 1. The first-order valence-electron chi connectivity index (χ1n) is 9.43. The zero-order valence-corrected chi connectivity index (χ0v) is 16.1. The van der Waals surface area contributed by atoms with Crippen molar-refractivity contribution in [2.45, 2.75) is 39.2 Å². The Morgan fingerprint density at radius 3 is 2.38 bits per heavy atom. The fourth-order valence-electron chi connectivity index (χ4n) is 2.74. The minimum Gasteiger partial charge on any atom is -0.481 e. The highest BCUT2D eigenvalue weighted by molar-refractivity contribution is 5.81. The second kappa shape index (κ2) is 10.5. The number of nitrogens with zero attached hydrogens (tertiary/aromatic N) is 1. The molecule has 4 nitrogen and oxygen atoms in total. The minimum atomic E-state index is -0.450. The molecular formula is C22H30N2O2. The summed E-state index contributed by atoms with van der Waals surface area (Å²) in [7, 11) is 2.06. The maximum absolute atomic E-state index is 12.4. The number of carbonyl (C=O) groups excluding carboxylic acids is 1. The third-order valence-electron chi connectivity index (χ3n) is 4.44. The van der Waals surface area contributed by atoms with Gasteiger partial charge in [-0.1, -0.05) is 44.2 Å². The van der Waals surface area contributed by atoms with E-state index < -0.39 is 6.10 Å². The molecule has 2 aromatic rings. The molecule has 140 valence electrons. The number of benzene rings is 2. The summed E-state index contributed by atoms with van der Waals surface area (Å²) >= 11 is 0. The van der Waals surface area contributed by atoms with E-state index in [-0.39, 0.29) is 5.91 Å². The van der Waals surface area contributed by atoms with E-state index in [2.05, 4.69) is 36.3 Å². The van der Waals surface area contributed by atoms with Crippen LogP contribution in [0.15, 0.2) is 54.6 Å². The van der Waals surface area contributed by atoms with Gasteiger partial charge in [0.1, 0.15) is 5.75 Å². The molecule has 0 aliphatic carbocycles. The van der Waals surface area contributed by atoms with Crippen LogP contribution in [0.25, 0.3) is 0 Å². The van der Waals surface area contributed by atoms with Crippen molar-refractivity contribution < 1.29 is 9.53 Å². The number of rotatable bonds is 10. The summed E-state index contributed by atoms with van der Waals surface area (Å²) in [4.78, 5) is 14.6. The first-order valence-corrected chi connectivity index (χ1v) is 9.43. The monoisotopic (exact) mass is 354 g/mol. The number of aryl methyl sites for hydroxylation is 1. The molecule has 0 heterocycles. The number of nitrogens with one attached hydrogen (secondary N) is 1. The standard InChI is InChI=1S/C22H30N2O2/c1-4-18-12-14-20(15-13-18)26-21(5-2)22(25)23-16-9-17-24(3)19-10-7-6-8-11-19/h6-8,10-15,21H,4-5,9,16-17H2,1-3H3,(H,23,25)/t21-/m0/s1. The van der Waals surface area contributed by atoms with Gasteiger partial charge in [0.15, 0.2) is 6.10 Å². The van der Waals surface area contributed by atoms with Crippen molar-refractivity contribution in [2.75, 3.05) is 25.0 Å². The Balaban J connectivity index is 1.74. The third kappa shape index (κ3) is 6.10. The lowest BCUT2D eigenvalue weighted by molar-refractivity contribution is -0.128. The van der Waals surface area contributed by atoms with Gasteiger partial charge in [-0.05, 0) is 49.1 Å². The van der Waals surface area contributed by atoms with Crippen molar-refractivity contribution in [3.8, 4) is 5.75 Å². The lowest BCUT2D eigenvalue weighted by Crippen LogP contribution is -2.39. The van der Waals surface area contributed by atoms with Crippen molar-refractivity contribution in [3.63, 3.8) is 0 Å². The SMILES string of the molecule is CCc1ccc(O[C@@H](CC)C(=O)NCCCN(C)c2ccccc2)cc1. The Hall–Kier alpha value is -2.49. The van der Waals surface area contributed by atoms with Gasteiger partial charge in [0, 0.05) is 25.8 Å². The van der Waals surface area contributed by atoms with E-state index in [1.54, 1.807) is 0 Å². The molecule has 0 saturated heterocycles. The van der Waals surface area contributed by atoms with Crippen molar-refractivity contribution in [2.24, 2.45) is 0 Å². The molecule has 0 fully saturated rings. The average molecular weight is 354 g/mol. The second-order valence-electron chi connectivity index (χ2n) is 6.41. The van der Waals surface area contributed by atoms with E-state index in [4.69, 9.17) is 4.74 Å². The fourth-order valence-corrected chi connectivity index (χ4v) is 2.74. The summed E-state index contributed by atoms with van der Waals surface area (Å²) in [5, 5.41) is 2.99. The maximum Gasteiger partial charge on any atom is 0.261 e. The lowest BCUT2D eigenvalue weighted by Gasteiger charge is -2.20. The Kier molecular flexibility index (Phi) is 8.00. The molecule has 0 aliphatic rings. The fraction of sp³-hybridized carbons (Fsp3) is 0.409. The van der Waals surface area contributed by atoms with Crippen LogP contribution in [0.2, 0.25) is 0 Å². The van der Waals surface area contributed by atoms with E-state index in [0.717, 1.165) is 25.1 Å². The Labute approximate surface area is 157 Å². The van der Waals surface area contributed by atoms with Crippen molar-refractivity contribution in [1.29, 1.82) is 0 Å². The Bertz CT molecular complexity index is 656. The predicted octanol–water partition coefficient (Wildman–Crippen LogP) is 4.05. The molecule has 0 aromatic heterocycles. The van der Waals surface area contributed by atoms with Crippen LogP contribution in [0.5, 0.6) is 5.75 Å². The molecule has 4 heteroatoms. The van der Waals surface area contributed by atoms with E-state index in [0.29, 0.717) is 13.0 Å². The predicted molar refractivity (Wildman–Crippen MR) is 108 cm³/mol. The molecular weight excluding hydrogens is 324 g/mol. The zero-order chi connectivity index (χ0) is 18.8. The largest absolute Gasteiger partial charge is 0.481 e. The van der Waals surface area contributed by atoms with Gasteiger partial charge >= 0.3 is 0 Å². The van der Waals surface area contributed by atoms with E-state index in [1.165, 1.54) is 11.3 Å². The highest BCUT2D eigenvalue weighted by Gasteiger charge is 2.17. The van der Waals surface area contributed by atoms with Gasteiger partial charge in [-0.2, -0.15) is 0 Å². The van der Waals surface area contributed by atoms with Crippen LogP contribution in [-0.4, -0.2) is 32.1 Å². The first kappa shape index (κ1) is 19.8. The highest BCUT2D eigenvalue weighted by Crippen LogP contribution is 2.15. The van der Waals surface area contributed by atoms with Gasteiger partial charge in [-0.3, -0.25) is 4.79 Å². The molecule has 0 radical (unpaired) electrons. The van der Waals surface area contributed by atoms with Crippen LogP contribution in [0, 0.1) is 0 Å². The van der Waals surface area contributed by atoms with Crippen molar-refractivity contribution in [1.82, 2.24) is 5.32 Å². The minimum absolute atomic E-state index is 0.0468. The van der Waals surface area contributed by atoms with Crippen molar-refractivity contribution in [3.05, 3.63) is 60.2 Å². The molecule has 1 atom stereocenters. The molecule has 0 aliphatic heterocycles. The lowest BCUT2D eigenvalue weighted by atomic mass is 10.1. The summed E-state index contributed by atoms with van der Waals surface area (Å²) < 4.78 is 5.85. The van der Waals surface area contributed by atoms with Gasteiger partial charge in [-0.25, -0.2) is 0 Å². The Morgan fingerprint density at radius 1 is 1.08 bits per heavy atom. The van der Waals surface area contributed by atoms with Gasteiger partial charge in [0.2, 0.25) is 0 Å². The summed E-state index contributed by atoms with van der Waals surface area (Å²) in [5.74, 6) is 0.697. The number of hydrogen-bond donors (Lipinski definition) is 1. The average Bonchev–Trinajstić information content (AvgIpc) is 2.70. The highest BCUT2D eigenvalue weighted by atomic mass is 16.5. The number of hydrogen-bond acceptors (Lipinski definition) is 3. The summed E-state index contributed by atoms with van der Waals surface area (Å²) in [6, 6.07) is 18.2. The van der Waals surface area contributed by atoms with Gasteiger partial charge < -0.3 is 15.0 Å². The van der Waals surface area contributed by atoms with Gasteiger partial charge in [-0.15, -0.1) is 0 Å². The smallest absolute Gasteiger partial charge is 0.261 e. The molecule has 1 N–H and O–H groups in total. The van der Waals surface area contributed by atoms with Gasteiger partial charge in [0.05, 0.1) is 0 Å². The summed E-state index contributed by atoms with van der Waals surface area (Å²) in [6.07, 6.45) is 2.08. The molecule has 0 bridgehead atoms. The first-order chi connectivity index (χ1) is 12.6. The summed E-state index contributed by atoms with van der Waals surface area (Å²) in [6.45, 7) is 5.62. The number of carbonyl (C=O) groups is 1. The quantitative estimate of drug-likeness (QED) is 0.655. The molecule has 0 spiro atoms. The Morgan fingerprint density at radius 2 is 1.77 bits per heavy atom. The molecule has 2 rings (SSSR count). The molecule has 1 amide bonds. The van der Waals surface area contributed by atoms with E-state index in [1.807, 2.05) is 49.4 Å². The van der Waals surface area contributed by atoms with Crippen LogP contribution >= 0.6 is 0 Å². The third-order valence-corrected chi connectivity index (χ3v) is 4.44. The van der Waals surface area contributed by atoms with E-state index >= 15 is 0 Å². The number of para-hydroxylation sites is 1. The van der Waals surface area contributed by atoms with Crippen LogP contribution in [0.4, 0.5) is 5.69 Å². The normalized spacial score (nSPS) is 11.7. The maximum atomic E-state index is 12.4. The van der Waals surface area contributed by atoms with Crippen LogP contribution < -0.4 is 15.0 Å².